The summed E-state index contributed by atoms with van der Waals surface area (Å²) in [6.07, 6.45) is 2.05. The lowest BCUT2D eigenvalue weighted by molar-refractivity contribution is -0.137. The van der Waals surface area contributed by atoms with Gasteiger partial charge in [0.15, 0.2) is 0 Å². The fourth-order valence-corrected chi connectivity index (χ4v) is 5.15. The molecule has 2 aromatic carbocycles. The highest BCUT2D eigenvalue weighted by atomic mass is 19.4. The van der Waals surface area contributed by atoms with E-state index in [4.69, 9.17) is 10.7 Å². The number of hydrogen-bond donors (Lipinski definition) is 4. The Labute approximate surface area is 240 Å². The monoisotopic (exact) mass is 581 g/mol. The van der Waals surface area contributed by atoms with Gasteiger partial charge in [0.1, 0.15) is 28.7 Å². The Balaban J connectivity index is 1.46. The number of rotatable bonds is 6. The zero-order chi connectivity index (χ0) is 30.2. The molecule has 1 aliphatic rings. The van der Waals surface area contributed by atoms with Gasteiger partial charge >= 0.3 is 12.2 Å². The molecule has 0 saturated carbocycles. The number of halogens is 4. The van der Waals surface area contributed by atoms with Gasteiger partial charge in [0.05, 0.1) is 17.5 Å². The lowest BCUT2D eigenvalue weighted by atomic mass is 9.93. The molecule has 0 bridgehead atoms. The van der Waals surface area contributed by atoms with Gasteiger partial charge in [-0.3, -0.25) is 4.40 Å². The Kier molecular flexibility index (Phi) is 7.91. The number of alkyl halides is 3. The molecular weight excluding hydrogens is 550 g/mol. The minimum absolute atomic E-state index is 0.00964. The van der Waals surface area contributed by atoms with Crippen molar-refractivity contribution in [3.8, 4) is 11.3 Å². The second-order valence-electron chi connectivity index (χ2n) is 10.5. The standard InChI is InChI=1S/C30H31F4N7O/c1-16(2)28-40-25(26-27(35)37-15-24(41(26)28)17-7-9-19(36-3)10-8-17)22-12-11-21(14-23(22)31)39-29(42)38-20-6-4-5-18(13-20)30(32,33)34/h4-7,11-16,19,36H,8-10H2,1-3H3,(H2,35,37)(H2,38,39,42). The summed E-state index contributed by atoms with van der Waals surface area (Å²) < 4.78 is 56.5. The van der Waals surface area contributed by atoms with Gasteiger partial charge in [0.25, 0.3) is 0 Å². The van der Waals surface area contributed by atoms with Crippen LogP contribution in [-0.2, 0) is 6.18 Å². The van der Waals surface area contributed by atoms with E-state index in [-0.39, 0.29) is 28.7 Å². The van der Waals surface area contributed by atoms with Crippen LogP contribution in [0.15, 0.2) is 54.7 Å². The maximum Gasteiger partial charge on any atom is 0.416 e. The molecule has 42 heavy (non-hydrogen) atoms. The third kappa shape index (κ3) is 5.80. The normalized spacial score (nSPS) is 15.6. The molecule has 2 aromatic heterocycles. The van der Waals surface area contributed by atoms with Gasteiger partial charge in [-0.15, -0.1) is 0 Å². The van der Waals surface area contributed by atoms with Gasteiger partial charge in [-0.1, -0.05) is 26.0 Å². The number of hydrogen-bond acceptors (Lipinski definition) is 5. The van der Waals surface area contributed by atoms with Crippen LogP contribution >= 0.6 is 0 Å². The molecule has 8 nitrogen and oxygen atoms in total. The molecule has 0 saturated heterocycles. The number of amides is 2. The number of anilines is 3. The zero-order valence-corrected chi connectivity index (χ0v) is 23.3. The van der Waals surface area contributed by atoms with Crippen molar-refractivity contribution >= 4 is 34.3 Å². The number of carbonyl (C=O) groups is 1. The van der Waals surface area contributed by atoms with Crippen molar-refractivity contribution in [3.05, 3.63) is 77.6 Å². The molecule has 0 spiro atoms. The number of nitrogens with one attached hydrogen (secondary N) is 3. The first-order valence-corrected chi connectivity index (χ1v) is 13.5. The molecule has 1 aliphatic carbocycles. The van der Waals surface area contributed by atoms with Crippen molar-refractivity contribution in [2.75, 3.05) is 23.4 Å². The highest BCUT2D eigenvalue weighted by Crippen LogP contribution is 2.37. The van der Waals surface area contributed by atoms with Crippen LogP contribution in [0.2, 0.25) is 0 Å². The summed E-state index contributed by atoms with van der Waals surface area (Å²) in [5.41, 5.74) is 8.47. The molecule has 1 atom stereocenters. The highest BCUT2D eigenvalue weighted by Gasteiger charge is 2.30. The first-order chi connectivity index (χ1) is 20.0. The molecule has 2 heterocycles. The van der Waals surface area contributed by atoms with Crippen LogP contribution < -0.4 is 21.7 Å². The van der Waals surface area contributed by atoms with Gasteiger partial charge in [-0.25, -0.2) is 19.2 Å². The molecule has 4 aromatic rings. The molecule has 0 radical (unpaired) electrons. The van der Waals surface area contributed by atoms with Crippen molar-refractivity contribution in [2.45, 2.75) is 51.2 Å². The summed E-state index contributed by atoms with van der Waals surface area (Å²) in [5, 5.41) is 8.10. The number of benzene rings is 2. The number of allylic oxidation sites excluding steroid dienone is 1. The van der Waals surface area contributed by atoms with E-state index < -0.39 is 23.6 Å². The van der Waals surface area contributed by atoms with E-state index in [1.165, 1.54) is 24.3 Å². The molecule has 0 fully saturated rings. The summed E-state index contributed by atoms with van der Waals surface area (Å²) in [4.78, 5) is 21.7. The number of urea groups is 1. The number of nitrogens with zero attached hydrogens (tertiary/aromatic N) is 3. The molecule has 12 heteroatoms. The molecule has 2 amide bonds. The highest BCUT2D eigenvalue weighted by molar-refractivity contribution is 6.00. The molecule has 5 rings (SSSR count). The quantitative estimate of drug-likeness (QED) is 0.182. The van der Waals surface area contributed by atoms with Crippen molar-refractivity contribution in [1.82, 2.24) is 19.7 Å². The number of carbonyl (C=O) groups excluding carboxylic acids is 1. The lowest BCUT2D eigenvalue weighted by Crippen LogP contribution is -2.26. The smallest absolute Gasteiger partial charge is 0.382 e. The second-order valence-corrected chi connectivity index (χ2v) is 10.5. The van der Waals surface area contributed by atoms with Crippen LogP contribution in [-0.4, -0.2) is 33.5 Å². The van der Waals surface area contributed by atoms with E-state index in [1.54, 1.807) is 6.20 Å². The van der Waals surface area contributed by atoms with Crippen LogP contribution in [0.4, 0.5) is 39.5 Å². The van der Waals surface area contributed by atoms with E-state index in [9.17, 15) is 18.0 Å². The average Bonchev–Trinajstić information content (AvgIpc) is 3.35. The summed E-state index contributed by atoms with van der Waals surface area (Å²) in [5.74, 6) is 0.243. The number of fused-ring (bicyclic) bond motifs is 1. The lowest BCUT2D eigenvalue weighted by Gasteiger charge is -2.22. The van der Waals surface area contributed by atoms with Crippen molar-refractivity contribution in [1.29, 1.82) is 0 Å². The SMILES string of the molecule is CNC1CC=C(c2cnc(N)c3c(-c4ccc(NC(=O)Nc5cccc(C(F)(F)F)c5)cc4F)nc(C(C)C)n23)CC1. The molecular formula is C30H31F4N7O. The number of nitrogens with two attached hydrogens (primary N) is 1. The average molecular weight is 582 g/mol. The van der Waals surface area contributed by atoms with Gasteiger partial charge in [0, 0.05) is 28.9 Å². The second kappa shape index (κ2) is 11.4. The molecule has 0 aliphatic heterocycles. The van der Waals surface area contributed by atoms with E-state index in [0.717, 1.165) is 48.7 Å². The Morgan fingerprint density at radius 3 is 2.48 bits per heavy atom. The van der Waals surface area contributed by atoms with Gasteiger partial charge in [-0.2, -0.15) is 13.2 Å². The maximum atomic E-state index is 15.6. The summed E-state index contributed by atoms with van der Waals surface area (Å²) in [6.45, 7) is 4.00. The van der Waals surface area contributed by atoms with E-state index in [2.05, 4.69) is 27.0 Å². The van der Waals surface area contributed by atoms with Crippen molar-refractivity contribution in [3.63, 3.8) is 0 Å². The summed E-state index contributed by atoms with van der Waals surface area (Å²) >= 11 is 0. The van der Waals surface area contributed by atoms with Crippen LogP contribution in [0.25, 0.3) is 22.3 Å². The van der Waals surface area contributed by atoms with Crippen LogP contribution in [0.5, 0.6) is 0 Å². The van der Waals surface area contributed by atoms with E-state index in [0.29, 0.717) is 23.1 Å². The Hall–Kier alpha value is -4.45. The third-order valence-corrected chi connectivity index (χ3v) is 7.31. The summed E-state index contributed by atoms with van der Waals surface area (Å²) in [6, 6.07) is 7.89. The molecule has 220 valence electrons. The Bertz CT molecular complexity index is 1680. The molecule has 1 unspecified atom stereocenters. The largest absolute Gasteiger partial charge is 0.416 e. The van der Waals surface area contributed by atoms with Gasteiger partial charge in [-0.05, 0) is 68.3 Å². The predicted molar refractivity (Wildman–Crippen MR) is 156 cm³/mol. The topological polar surface area (TPSA) is 109 Å². The third-order valence-electron chi connectivity index (χ3n) is 7.31. The number of nitrogen functional groups attached to an aromatic ring is 1. The minimum atomic E-state index is -4.55. The van der Waals surface area contributed by atoms with E-state index >= 15 is 4.39 Å². The zero-order valence-electron chi connectivity index (χ0n) is 23.3. The first-order valence-electron chi connectivity index (χ1n) is 13.5. The van der Waals surface area contributed by atoms with Crippen molar-refractivity contribution in [2.24, 2.45) is 0 Å². The number of aromatic nitrogens is 3. The van der Waals surface area contributed by atoms with Crippen LogP contribution in [0.1, 0.15) is 56.1 Å². The van der Waals surface area contributed by atoms with Gasteiger partial charge in [0.2, 0.25) is 0 Å². The van der Waals surface area contributed by atoms with Crippen LogP contribution in [0.3, 0.4) is 0 Å². The number of imidazole rings is 1. The molecule has 5 N–H and O–H groups in total. The van der Waals surface area contributed by atoms with Crippen molar-refractivity contribution < 1.29 is 22.4 Å². The first kappa shape index (κ1) is 29.1. The Morgan fingerprint density at radius 2 is 1.86 bits per heavy atom. The predicted octanol–water partition coefficient (Wildman–Crippen LogP) is 7.06. The van der Waals surface area contributed by atoms with Crippen LogP contribution in [0, 0.1) is 5.82 Å². The minimum Gasteiger partial charge on any atom is -0.382 e. The summed E-state index contributed by atoms with van der Waals surface area (Å²) in [7, 11) is 1.95. The maximum absolute atomic E-state index is 15.6. The Morgan fingerprint density at radius 1 is 1.12 bits per heavy atom. The van der Waals surface area contributed by atoms with Gasteiger partial charge < -0.3 is 21.7 Å². The van der Waals surface area contributed by atoms with E-state index in [1.807, 2.05) is 25.3 Å². The fourth-order valence-electron chi connectivity index (χ4n) is 5.15. The fraction of sp³-hybridized carbons (Fsp3) is 0.300.